The van der Waals surface area contributed by atoms with E-state index in [1.165, 1.54) is 30.8 Å². The van der Waals surface area contributed by atoms with Crippen LogP contribution in [0.1, 0.15) is 25.1 Å². The lowest BCUT2D eigenvalue weighted by atomic mass is 10.2. The molecule has 1 heterocycles. The molecule has 70 valence electrons. The van der Waals surface area contributed by atoms with E-state index in [-0.39, 0.29) is 0 Å². The number of aryl methyl sites for hydroxylation is 1. The first-order chi connectivity index (χ1) is 6.33. The molecule has 2 aliphatic rings. The van der Waals surface area contributed by atoms with Gasteiger partial charge in [0.2, 0.25) is 5.13 Å². The fourth-order valence-corrected chi connectivity index (χ4v) is 3.03. The van der Waals surface area contributed by atoms with E-state index < -0.39 is 0 Å². The van der Waals surface area contributed by atoms with Crippen molar-refractivity contribution in [3.05, 3.63) is 5.82 Å². The van der Waals surface area contributed by atoms with Crippen LogP contribution < -0.4 is 5.32 Å². The van der Waals surface area contributed by atoms with Gasteiger partial charge in [0.25, 0.3) is 0 Å². The van der Waals surface area contributed by atoms with Crippen LogP contribution in [0.4, 0.5) is 5.13 Å². The Morgan fingerprint density at radius 2 is 2.38 bits per heavy atom. The first kappa shape index (κ1) is 7.74. The first-order valence-corrected chi connectivity index (χ1v) is 5.67. The third-order valence-corrected chi connectivity index (χ3v) is 3.92. The molecule has 3 unspecified atom stereocenters. The van der Waals surface area contributed by atoms with Crippen LogP contribution in [0.5, 0.6) is 0 Å². The first-order valence-electron chi connectivity index (χ1n) is 4.90. The second kappa shape index (κ2) is 2.67. The largest absolute Gasteiger partial charge is 0.357 e. The lowest BCUT2D eigenvalue weighted by Gasteiger charge is -2.11. The zero-order chi connectivity index (χ0) is 8.84. The molecule has 13 heavy (non-hydrogen) atoms. The van der Waals surface area contributed by atoms with Gasteiger partial charge in [-0.2, -0.15) is 4.37 Å². The van der Waals surface area contributed by atoms with Crippen LogP contribution in [0.15, 0.2) is 0 Å². The third-order valence-electron chi connectivity index (χ3n) is 3.18. The van der Waals surface area contributed by atoms with Crippen molar-refractivity contribution in [2.24, 2.45) is 11.8 Å². The molecule has 3 atom stereocenters. The quantitative estimate of drug-likeness (QED) is 0.785. The van der Waals surface area contributed by atoms with Gasteiger partial charge in [0.15, 0.2) is 0 Å². The van der Waals surface area contributed by atoms with Crippen molar-refractivity contribution < 1.29 is 0 Å². The molecule has 4 heteroatoms. The summed E-state index contributed by atoms with van der Waals surface area (Å²) < 4.78 is 4.17. The van der Waals surface area contributed by atoms with E-state index in [2.05, 4.69) is 14.7 Å². The minimum absolute atomic E-state index is 0.692. The van der Waals surface area contributed by atoms with Gasteiger partial charge in [-0.05, 0) is 38.0 Å². The van der Waals surface area contributed by atoms with Crippen LogP contribution in [0.25, 0.3) is 0 Å². The maximum absolute atomic E-state index is 4.32. The van der Waals surface area contributed by atoms with E-state index in [1.807, 2.05) is 6.92 Å². The molecule has 2 saturated carbocycles. The topological polar surface area (TPSA) is 37.8 Å². The summed E-state index contributed by atoms with van der Waals surface area (Å²) in [5.74, 6) is 2.87. The predicted octanol–water partition coefficient (Wildman–Crippen LogP) is 2.06. The summed E-state index contributed by atoms with van der Waals surface area (Å²) in [5, 5.41) is 4.51. The maximum Gasteiger partial charge on any atom is 0.202 e. The number of hydrogen-bond donors (Lipinski definition) is 1. The van der Waals surface area contributed by atoms with E-state index in [0.717, 1.165) is 22.8 Å². The van der Waals surface area contributed by atoms with E-state index in [0.29, 0.717) is 6.04 Å². The molecule has 0 aromatic carbocycles. The molecule has 0 spiro atoms. The minimum Gasteiger partial charge on any atom is -0.357 e. The van der Waals surface area contributed by atoms with Gasteiger partial charge in [-0.15, -0.1) is 0 Å². The number of nitrogens with zero attached hydrogens (tertiary/aromatic N) is 2. The Kier molecular flexibility index (Phi) is 1.59. The number of nitrogens with one attached hydrogen (secondary N) is 1. The second-order valence-corrected chi connectivity index (χ2v) is 4.89. The zero-order valence-corrected chi connectivity index (χ0v) is 8.47. The Labute approximate surface area is 81.7 Å². The summed E-state index contributed by atoms with van der Waals surface area (Å²) in [6.45, 7) is 1.94. The van der Waals surface area contributed by atoms with Crippen molar-refractivity contribution in [2.45, 2.75) is 32.2 Å². The summed E-state index contributed by atoms with van der Waals surface area (Å²) in [5.41, 5.74) is 0. The van der Waals surface area contributed by atoms with Crippen molar-refractivity contribution >= 4 is 16.7 Å². The van der Waals surface area contributed by atoms with Gasteiger partial charge in [-0.3, -0.25) is 0 Å². The van der Waals surface area contributed by atoms with E-state index in [4.69, 9.17) is 0 Å². The van der Waals surface area contributed by atoms with Crippen LogP contribution in [-0.4, -0.2) is 15.4 Å². The second-order valence-electron chi connectivity index (χ2n) is 4.13. The molecular formula is C9H13N3S. The Bertz CT molecular complexity index is 322. The van der Waals surface area contributed by atoms with Crippen LogP contribution in [0.3, 0.4) is 0 Å². The SMILES string of the molecule is Cc1nsc(NC2CCC3CC32)n1. The third kappa shape index (κ3) is 1.33. The molecule has 0 bridgehead atoms. The molecule has 0 saturated heterocycles. The standard InChI is InChI=1S/C9H13N3S/c1-5-10-9(13-12-5)11-8-3-2-6-4-7(6)8/h6-8H,2-4H2,1H3,(H,10,11,12). The van der Waals surface area contributed by atoms with Crippen LogP contribution in [0.2, 0.25) is 0 Å². The van der Waals surface area contributed by atoms with Gasteiger partial charge in [0, 0.05) is 17.6 Å². The molecule has 0 amide bonds. The van der Waals surface area contributed by atoms with Gasteiger partial charge in [-0.25, -0.2) is 4.98 Å². The van der Waals surface area contributed by atoms with Crippen molar-refractivity contribution in [2.75, 3.05) is 5.32 Å². The van der Waals surface area contributed by atoms with Crippen LogP contribution >= 0.6 is 11.5 Å². The molecule has 0 aliphatic heterocycles. The predicted molar refractivity (Wildman–Crippen MR) is 52.9 cm³/mol. The normalized spacial score (nSPS) is 35.9. The highest BCUT2D eigenvalue weighted by atomic mass is 32.1. The average Bonchev–Trinajstić information content (AvgIpc) is 2.63. The summed E-state index contributed by atoms with van der Waals surface area (Å²) in [4.78, 5) is 4.32. The number of anilines is 1. The van der Waals surface area contributed by atoms with E-state index in [1.54, 1.807) is 0 Å². The average molecular weight is 195 g/mol. The zero-order valence-electron chi connectivity index (χ0n) is 7.66. The van der Waals surface area contributed by atoms with E-state index >= 15 is 0 Å². The highest BCUT2D eigenvalue weighted by molar-refractivity contribution is 7.09. The molecule has 2 fully saturated rings. The Morgan fingerprint density at radius 1 is 1.46 bits per heavy atom. The Balaban J connectivity index is 1.68. The van der Waals surface area contributed by atoms with Gasteiger partial charge in [-0.1, -0.05) is 0 Å². The van der Waals surface area contributed by atoms with Crippen molar-refractivity contribution in [1.82, 2.24) is 9.36 Å². The van der Waals surface area contributed by atoms with Crippen molar-refractivity contribution in [1.29, 1.82) is 0 Å². The summed E-state index contributed by atoms with van der Waals surface area (Å²) in [6.07, 6.45) is 4.18. The molecule has 1 N–H and O–H groups in total. The molecule has 2 aliphatic carbocycles. The fraction of sp³-hybridized carbons (Fsp3) is 0.778. The minimum atomic E-state index is 0.692. The summed E-state index contributed by atoms with van der Waals surface area (Å²) >= 11 is 1.48. The molecule has 3 nitrogen and oxygen atoms in total. The van der Waals surface area contributed by atoms with Crippen LogP contribution in [0, 0.1) is 18.8 Å². The van der Waals surface area contributed by atoms with Crippen molar-refractivity contribution in [3.8, 4) is 0 Å². The van der Waals surface area contributed by atoms with Gasteiger partial charge >= 0.3 is 0 Å². The lowest BCUT2D eigenvalue weighted by molar-refractivity contribution is 0.653. The van der Waals surface area contributed by atoms with Crippen LogP contribution in [-0.2, 0) is 0 Å². The smallest absolute Gasteiger partial charge is 0.202 e. The molecule has 0 radical (unpaired) electrons. The maximum atomic E-state index is 4.32. The lowest BCUT2D eigenvalue weighted by Crippen LogP contribution is -2.18. The number of rotatable bonds is 2. The summed E-state index contributed by atoms with van der Waals surface area (Å²) in [6, 6.07) is 0.692. The highest BCUT2D eigenvalue weighted by Crippen LogP contribution is 2.52. The summed E-state index contributed by atoms with van der Waals surface area (Å²) in [7, 11) is 0. The molecule has 3 rings (SSSR count). The Hall–Kier alpha value is -0.640. The Morgan fingerprint density at radius 3 is 2.92 bits per heavy atom. The molecule has 1 aromatic rings. The van der Waals surface area contributed by atoms with E-state index in [9.17, 15) is 0 Å². The monoisotopic (exact) mass is 195 g/mol. The fourth-order valence-electron chi connectivity index (χ4n) is 2.40. The number of aromatic nitrogens is 2. The number of hydrogen-bond acceptors (Lipinski definition) is 4. The number of fused-ring (bicyclic) bond motifs is 1. The van der Waals surface area contributed by atoms with Gasteiger partial charge in [0.1, 0.15) is 5.82 Å². The molecular weight excluding hydrogens is 182 g/mol. The molecule has 1 aromatic heterocycles. The van der Waals surface area contributed by atoms with Crippen molar-refractivity contribution in [3.63, 3.8) is 0 Å². The van der Waals surface area contributed by atoms with Gasteiger partial charge in [0.05, 0.1) is 0 Å². The van der Waals surface area contributed by atoms with Gasteiger partial charge < -0.3 is 5.32 Å². The highest BCUT2D eigenvalue weighted by Gasteiger charge is 2.48.